The second kappa shape index (κ2) is 10.4. The van der Waals surface area contributed by atoms with Gasteiger partial charge in [0.05, 0.1) is 35.4 Å². The van der Waals surface area contributed by atoms with Crippen LogP contribution in [0, 0.1) is 5.92 Å². The molecule has 176 valence electrons. The van der Waals surface area contributed by atoms with E-state index in [0.717, 1.165) is 17.9 Å². The number of thiazole rings is 1. The Kier molecular flexibility index (Phi) is 7.61. The van der Waals surface area contributed by atoms with Gasteiger partial charge in [0.2, 0.25) is 0 Å². The summed E-state index contributed by atoms with van der Waals surface area (Å²) in [7, 11) is 0. The number of carbonyl (C=O) groups excluding carboxylic acids is 1. The van der Waals surface area contributed by atoms with Gasteiger partial charge in [0.25, 0.3) is 0 Å². The Morgan fingerprint density at radius 2 is 2.00 bits per heavy atom. The summed E-state index contributed by atoms with van der Waals surface area (Å²) in [6.45, 7) is 0.433. The molecule has 5 atom stereocenters. The first-order valence-corrected chi connectivity index (χ1v) is 11.5. The summed E-state index contributed by atoms with van der Waals surface area (Å²) in [5.41, 5.74) is 0.671. The summed E-state index contributed by atoms with van der Waals surface area (Å²) >= 11 is 1.14. The molecule has 1 aliphatic carbocycles. The van der Waals surface area contributed by atoms with Crippen LogP contribution in [0.5, 0.6) is 0 Å². The third-order valence-electron chi connectivity index (χ3n) is 5.93. The Hall–Kier alpha value is -1.80. The number of hydrogen-bond donors (Lipinski definition) is 4. The lowest BCUT2D eigenvalue weighted by atomic mass is 9.85. The lowest BCUT2D eigenvalue weighted by Gasteiger charge is -2.39. The normalized spacial score (nSPS) is 28.6. The molecule has 1 aliphatic heterocycles. The smallest absolute Gasteiger partial charge is 0.200 e. The van der Waals surface area contributed by atoms with Crippen molar-refractivity contribution in [2.24, 2.45) is 5.92 Å². The average molecular weight is 469 g/mol. The summed E-state index contributed by atoms with van der Waals surface area (Å²) in [5, 5.41) is 47.9. The lowest BCUT2D eigenvalue weighted by Crippen LogP contribution is -2.58. The van der Waals surface area contributed by atoms with Crippen molar-refractivity contribution in [3.05, 3.63) is 28.0 Å². The average Bonchev–Trinajstić information content (AvgIpc) is 3.40. The number of ketones is 1. The van der Waals surface area contributed by atoms with Gasteiger partial charge in [0, 0.05) is 19.2 Å². The fourth-order valence-electron chi connectivity index (χ4n) is 3.81. The molecule has 0 radical (unpaired) electrons. The molecule has 0 amide bonds. The van der Waals surface area contributed by atoms with E-state index in [1.807, 2.05) is 10.9 Å². The largest absolute Gasteiger partial charge is 0.394 e. The van der Waals surface area contributed by atoms with Crippen molar-refractivity contribution in [3.8, 4) is 0 Å². The Bertz CT molecular complexity index is 900. The molecule has 3 heterocycles. The van der Waals surface area contributed by atoms with Crippen LogP contribution in [-0.4, -0.2) is 89.9 Å². The maximum Gasteiger partial charge on any atom is 0.200 e. The minimum atomic E-state index is -1.44. The minimum absolute atomic E-state index is 0.128. The van der Waals surface area contributed by atoms with Crippen LogP contribution in [0.25, 0.3) is 0 Å². The highest BCUT2D eigenvalue weighted by Crippen LogP contribution is 2.27. The second-order valence-electron chi connectivity index (χ2n) is 8.33. The molecule has 0 aromatic carbocycles. The van der Waals surface area contributed by atoms with Crippen molar-refractivity contribution in [3.63, 3.8) is 0 Å². The van der Waals surface area contributed by atoms with Gasteiger partial charge in [0.1, 0.15) is 36.7 Å². The van der Waals surface area contributed by atoms with Gasteiger partial charge in [-0.05, 0) is 18.8 Å². The fourth-order valence-corrected chi connectivity index (χ4v) is 4.69. The predicted octanol–water partition coefficient (Wildman–Crippen LogP) is -0.681. The van der Waals surface area contributed by atoms with Crippen molar-refractivity contribution in [1.82, 2.24) is 20.0 Å². The molecule has 1 saturated carbocycles. The van der Waals surface area contributed by atoms with E-state index in [0.29, 0.717) is 21.5 Å². The van der Waals surface area contributed by atoms with Crippen molar-refractivity contribution < 1.29 is 34.7 Å². The third kappa shape index (κ3) is 5.39. The molecule has 1 saturated heterocycles. The fraction of sp³-hybridized carbons (Fsp3) is 0.700. The Morgan fingerprint density at radius 1 is 1.22 bits per heavy atom. The molecule has 11 nitrogen and oxygen atoms in total. The molecule has 2 fully saturated rings. The highest BCUT2D eigenvalue weighted by Gasteiger charge is 2.43. The number of aromatic nitrogens is 4. The number of nitrogens with zero attached hydrogens (tertiary/aromatic N) is 4. The van der Waals surface area contributed by atoms with E-state index >= 15 is 0 Å². The standard InChI is InChI=1S/C20H28N4O7S/c25-8-15-19(28)20(29)18(27)14(31-15)4-17-21-5-16(32-17)13(26)10-30-9-12-7-24(23-22-12)6-11-2-1-3-11/h5,7,11,14-15,18-20,25,27-29H,1-4,6,8-10H2. The van der Waals surface area contributed by atoms with E-state index in [1.165, 1.54) is 25.5 Å². The first-order valence-electron chi connectivity index (χ1n) is 10.7. The highest BCUT2D eigenvalue weighted by atomic mass is 32.1. The minimum Gasteiger partial charge on any atom is -0.394 e. The van der Waals surface area contributed by atoms with E-state index in [-0.39, 0.29) is 25.4 Å². The molecule has 2 aliphatic rings. The summed E-state index contributed by atoms with van der Waals surface area (Å²) in [5.74, 6) is 0.444. The molecule has 4 rings (SSSR count). The van der Waals surface area contributed by atoms with Crippen LogP contribution in [0.2, 0.25) is 0 Å². The second-order valence-corrected chi connectivity index (χ2v) is 9.45. The Morgan fingerprint density at radius 3 is 2.72 bits per heavy atom. The van der Waals surface area contributed by atoms with Crippen LogP contribution in [-0.2, 0) is 29.0 Å². The van der Waals surface area contributed by atoms with Gasteiger partial charge < -0.3 is 29.9 Å². The zero-order valence-corrected chi connectivity index (χ0v) is 18.3. The maximum absolute atomic E-state index is 12.4. The first kappa shape index (κ1) is 23.4. The summed E-state index contributed by atoms with van der Waals surface area (Å²) in [6.07, 6.45) is 1.13. The summed E-state index contributed by atoms with van der Waals surface area (Å²) < 4.78 is 12.8. The quantitative estimate of drug-likeness (QED) is 0.329. The van der Waals surface area contributed by atoms with Gasteiger partial charge in [-0.2, -0.15) is 0 Å². The number of aliphatic hydroxyl groups is 4. The van der Waals surface area contributed by atoms with Crippen LogP contribution in [0.15, 0.2) is 12.4 Å². The summed E-state index contributed by atoms with van der Waals surface area (Å²) in [4.78, 5) is 17.0. The van der Waals surface area contributed by atoms with E-state index in [4.69, 9.17) is 9.47 Å². The molecular formula is C20H28N4O7S. The molecule has 32 heavy (non-hydrogen) atoms. The molecule has 4 N–H and O–H groups in total. The van der Waals surface area contributed by atoms with Gasteiger partial charge >= 0.3 is 0 Å². The van der Waals surface area contributed by atoms with Crippen molar-refractivity contribution in [2.45, 2.75) is 69.4 Å². The molecule has 2 aromatic heterocycles. The molecule has 5 unspecified atom stereocenters. The van der Waals surface area contributed by atoms with E-state index < -0.39 is 37.1 Å². The number of Topliss-reactive ketones (excluding diaryl/α,β-unsaturated/α-hetero) is 1. The van der Waals surface area contributed by atoms with Crippen LogP contribution in [0.3, 0.4) is 0 Å². The number of hydrogen-bond acceptors (Lipinski definition) is 11. The number of carbonyl (C=O) groups is 1. The van der Waals surface area contributed by atoms with E-state index in [2.05, 4.69) is 15.3 Å². The van der Waals surface area contributed by atoms with Crippen molar-refractivity contribution in [2.75, 3.05) is 13.2 Å². The van der Waals surface area contributed by atoms with E-state index in [1.54, 1.807) is 0 Å². The molecule has 0 spiro atoms. The number of aliphatic hydroxyl groups excluding tert-OH is 4. The van der Waals surface area contributed by atoms with Crippen LogP contribution >= 0.6 is 11.3 Å². The number of ether oxygens (including phenoxy) is 2. The molecule has 2 aromatic rings. The monoisotopic (exact) mass is 468 g/mol. The molecule has 12 heteroatoms. The maximum atomic E-state index is 12.4. The first-order chi connectivity index (χ1) is 15.4. The molecular weight excluding hydrogens is 440 g/mol. The zero-order chi connectivity index (χ0) is 22.7. The van der Waals surface area contributed by atoms with Crippen molar-refractivity contribution in [1.29, 1.82) is 0 Å². The van der Waals surface area contributed by atoms with Crippen LogP contribution in [0.1, 0.15) is 39.6 Å². The van der Waals surface area contributed by atoms with E-state index in [9.17, 15) is 25.2 Å². The van der Waals surface area contributed by atoms with Gasteiger partial charge in [-0.1, -0.05) is 11.6 Å². The Labute approximate surface area is 188 Å². The molecule has 0 bridgehead atoms. The topological polar surface area (TPSA) is 160 Å². The zero-order valence-electron chi connectivity index (χ0n) is 17.5. The summed E-state index contributed by atoms with van der Waals surface area (Å²) in [6, 6.07) is 0. The Balaban J connectivity index is 1.24. The van der Waals surface area contributed by atoms with Gasteiger partial charge in [-0.3, -0.25) is 9.48 Å². The van der Waals surface area contributed by atoms with Crippen molar-refractivity contribution >= 4 is 17.1 Å². The number of rotatable bonds is 10. The van der Waals surface area contributed by atoms with Gasteiger partial charge in [-0.25, -0.2) is 4.98 Å². The highest BCUT2D eigenvalue weighted by molar-refractivity contribution is 7.13. The predicted molar refractivity (Wildman–Crippen MR) is 111 cm³/mol. The third-order valence-corrected chi connectivity index (χ3v) is 7.00. The lowest BCUT2D eigenvalue weighted by molar-refractivity contribution is -0.228. The van der Waals surface area contributed by atoms with Crippen LogP contribution in [0.4, 0.5) is 0 Å². The van der Waals surface area contributed by atoms with Gasteiger partial charge in [-0.15, -0.1) is 16.4 Å². The van der Waals surface area contributed by atoms with Crippen LogP contribution < -0.4 is 0 Å². The van der Waals surface area contributed by atoms with Gasteiger partial charge in [0.15, 0.2) is 5.78 Å². The SMILES string of the molecule is O=C(COCc1cn(CC2CCC2)nn1)c1cnc(CC2OC(CO)C(O)C(O)C2O)s1.